The molecule has 1 atom stereocenters. The van der Waals surface area contributed by atoms with Gasteiger partial charge < -0.3 is 5.11 Å². The maximum absolute atomic E-state index is 13.6. The molecular weight excluding hydrogens is 321 g/mol. The molecule has 0 aliphatic heterocycles. The van der Waals surface area contributed by atoms with Crippen molar-refractivity contribution in [1.82, 2.24) is 4.98 Å². The normalized spacial score (nSPS) is 12.4. The molecule has 2 nitrogen and oxygen atoms in total. The highest BCUT2D eigenvalue weighted by atomic mass is 79.9. The number of rotatable bonds is 3. The summed E-state index contributed by atoms with van der Waals surface area (Å²) in [7, 11) is 0. The van der Waals surface area contributed by atoms with Gasteiger partial charge in [0, 0.05) is 27.7 Å². The molecule has 0 spiro atoms. The third-order valence-corrected chi connectivity index (χ3v) is 3.37. The van der Waals surface area contributed by atoms with Gasteiger partial charge in [-0.25, -0.2) is 4.39 Å². The van der Waals surface area contributed by atoms with Crippen LogP contribution in [0.3, 0.4) is 0 Å². The molecule has 1 aromatic carbocycles. The molecule has 2 aromatic rings. The number of aromatic nitrogens is 1. The number of hydrogen-bond donors (Lipinski definition) is 1. The average molecular weight is 331 g/mol. The molecule has 0 radical (unpaired) electrons. The lowest BCUT2D eigenvalue weighted by molar-refractivity contribution is 0.172. The Balaban J connectivity index is 2.21. The molecule has 5 heteroatoms. The second kappa shape index (κ2) is 5.78. The molecule has 0 aliphatic rings. The third kappa shape index (κ3) is 3.07. The second-order valence-corrected chi connectivity index (χ2v) is 5.14. The van der Waals surface area contributed by atoms with Gasteiger partial charge in [-0.2, -0.15) is 0 Å². The molecular formula is C13H10BrClFNO. The lowest BCUT2D eigenvalue weighted by atomic mass is 10.0. The van der Waals surface area contributed by atoms with E-state index in [0.29, 0.717) is 16.3 Å². The van der Waals surface area contributed by atoms with Crippen LogP contribution in [0.25, 0.3) is 0 Å². The summed E-state index contributed by atoms with van der Waals surface area (Å²) in [6.07, 6.45) is 0.800. The van der Waals surface area contributed by atoms with E-state index in [-0.39, 0.29) is 6.42 Å². The van der Waals surface area contributed by atoms with Gasteiger partial charge in [0.25, 0.3) is 0 Å². The molecule has 0 amide bonds. The van der Waals surface area contributed by atoms with Crippen molar-refractivity contribution in [2.24, 2.45) is 0 Å². The van der Waals surface area contributed by atoms with Gasteiger partial charge in [-0.1, -0.05) is 17.7 Å². The number of aliphatic hydroxyl groups excluding tert-OH is 1. The van der Waals surface area contributed by atoms with Crippen LogP contribution in [0.4, 0.5) is 4.39 Å². The van der Waals surface area contributed by atoms with E-state index in [9.17, 15) is 9.50 Å². The third-order valence-electron chi connectivity index (χ3n) is 2.55. The van der Waals surface area contributed by atoms with E-state index >= 15 is 0 Å². The minimum atomic E-state index is -0.882. The van der Waals surface area contributed by atoms with Crippen LogP contribution < -0.4 is 0 Å². The molecule has 1 N–H and O–H groups in total. The number of pyridine rings is 1. The van der Waals surface area contributed by atoms with Crippen molar-refractivity contribution in [2.75, 3.05) is 0 Å². The first-order valence-electron chi connectivity index (χ1n) is 5.30. The van der Waals surface area contributed by atoms with Crippen molar-refractivity contribution in [2.45, 2.75) is 12.5 Å². The van der Waals surface area contributed by atoms with E-state index in [2.05, 4.69) is 20.9 Å². The van der Waals surface area contributed by atoms with Crippen LogP contribution in [0.2, 0.25) is 5.02 Å². The molecule has 1 heterocycles. The Bertz CT molecular complexity index is 527. The zero-order chi connectivity index (χ0) is 13.1. The van der Waals surface area contributed by atoms with Gasteiger partial charge in [-0.05, 0) is 40.2 Å². The summed E-state index contributed by atoms with van der Waals surface area (Å²) in [5, 5.41) is 10.3. The Hall–Kier alpha value is -0.970. The molecule has 0 fully saturated rings. The molecule has 1 aromatic heterocycles. The maximum atomic E-state index is 13.6. The van der Waals surface area contributed by atoms with Gasteiger partial charge in [0.05, 0.1) is 5.69 Å². The minimum absolute atomic E-state index is 0.0974. The van der Waals surface area contributed by atoms with Crippen LogP contribution in [-0.4, -0.2) is 10.1 Å². The lowest BCUT2D eigenvalue weighted by Gasteiger charge is -2.12. The lowest BCUT2D eigenvalue weighted by Crippen LogP contribution is -2.06. The molecule has 0 bridgehead atoms. The predicted molar refractivity (Wildman–Crippen MR) is 72.0 cm³/mol. The topological polar surface area (TPSA) is 33.1 Å². The summed E-state index contributed by atoms with van der Waals surface area (Å²) in [5.74, 6) is -0.418. The largest absolute Gasteiger partial charge is 0.386 e. The number of aliphatic hydroxyl groups is 1. The summed E-state index contributed by atoms with van der Waals surface area (Å²) in [6, 6.07) is 7.91. The van der Waals surface area contributed by atoms with Crippen LogP contribution in [0, 0.1) is 5.82 Å². The van der Waals surface area contributed by atoms with E-state index in [1.807, 2.05) is 0 Å². The van der Waals surface area contributed by atoms with Crippen LogP contribution >= 0.6 is 27.5 Å². The SMILES string of the molecule is OC(Cc1c(F)cccc1Cl)c1ccc(Br)cn1. The van der Waals surface area contributed by atoms with Crippen molar-refractivity contribution in [3.8, 4) is 0 Å². The van der Waals surface area contributed by atoms with E-state index in [4.69, 9.17) is 11.6 Å². The fourth-order valence-corrected chi connectivity index (χ4v) is 2.08. The smallest absolute Gasteiger partial charge is 0.127 e. The van der Waals surface area contributed by atoms with Gasteiger partial charge in [0.2, 0.25) is 0 Å². The number of halogens is 3. The van der Waals surface area contributed by atoms with Crippen LogP contribution in [-0.2, 0) is 6.42 Å². The van der Waals surface area contributed by atoms with Gasteiger partial charge in [0.1, 0.15) is 11.9 Å². The Labute approximate surface area is 118 Å². The molecule has 2 rings (SSSR count). The van der Waals surface area contributed by atoms with E-state index in [1.54, 1.807) is 24.4 Å². The van der Waals surface area contributed by atoms with Crippen molar-refractivity contribution in [3.05, 3.63) is 63.1 Å². The monoisotopic (exact) mass is 329 g/mol. The quantitative estimate of drug-likeness (QED) is 0.925. The molecule has 18 heavy (non-hydrogen) atoms. The molecule has 0 saturated carbocycles. The minimum Gasteiger partial charge on any atom is -0.386 e. The first-order chi connectivity index (χ1) is 8.58. The summed E-state index contributed by atoms with van der Waals surface area (Å²) < 4.78 is 14.4. The summed E-state index contributed by atoms with van der Waals surface area (Å²) in [4.78, 5) is 4.07. The van der Waals surface area contributed by atoms with Crippen LogP contribution in [0.15, 0.2) is 41.0 Å². The number of nitrogens with zero attached hydrogens (tertiary/aromatic N) is 1. The van der Waals surface area contributed by atoms with Gasteiger partial charge in [-0.3, -0.25) is 4.98 Å². The standard InChI is InChI=1S/C13H10BrClFNO/c14-8-4-5-12(17-7-8)13(18)6-9-10(15)2-1-3-11(9)16/h1-5,7,13,18H,6H2. The van der Waals surface area contributed by atoms with E-state index in [1.165, 1.54) is 12.1 Å². The molecule has 0 saturated heterocycles. The van der Waals surface area contributed by atoms with E-state index < -0.39 is 11.9 Å². The van der Waals surface area contributed by atoms with Crippen molar-refractivity contribution in [3.63, 3.8) is 0 Å². The fraction of sp³-hybridized carbons (Fsp3) is 0.154. The van der Waals surface area contributed by atoms with Crippen LogP contribution in [0.5, 0.6) is 0 Å². The first kappa shape index (κ1) is 13.5. The summed E-state index contributed by atoms with van der Waals surface area (Å²) in [6.45, 7) is 0. The summed E-state index contributed by atoms with van der Waals surface area (Å²) >= 11 is 9.17. The Morgan fingerprint density at radius 2 is 2.11 bits per heavy atom. The van der Waals surface area contributed by atoms with Crippen molar-refractivity contribution < 1.29 is 9.50 Å². The average Bonchev–Trinajstić information content (AvgIpc) is 2.34. The van der Waals surface area contributed by atoms with Crippen molar-refractivity contribution in [1.29, 1.82) is 0 Å². The Morgan fingerprint density at radius 3 is 2.72 bits per heavy atom. The second-order valence-electron chi connectivity index (χ2n) is 3.82. The first-order valence-corrected chi connectivity index (χ1v) is 6.47. The highest BCUT2D eigenvalue weighted by Crippen LogP contribution is 2.25. The fourth-order valence-electron chi connectivity index (χ4n) is 1.61. The Kier molecular flexibility index (Phi) is 4.32. The molecule has 0 aliphatic carbocycles. The predicted octanol–water partition coefficient (Wildman–Crippen LogP) is 3.91. The van der Waals surface area contributed by atoms with Gasteiger partial charge in [0.15, 0.2) is 0 Å². The summed E-state index contributed by atoms with van der Waals surface area (Å²) in [5.41, 5.74) is 0.786. The maximum Gasteiger partial charge on any atom is 0.127 e. The van der Waals surface area contributed by atoms with Crippen molar-refractivity contribution >= 4 is 27.5 Å². The van der Waals surface area contributed by atoms with Gasteiger partial charge >= 0.3 is 0 Å². The Morgan fingerprint density at radius 1 is 1.33 bits per heavy atom. The molecule has 1 unspecified atom stereocenters. The highest BCUT2D eigenvalue weighted by Gasteiger charge is 2.15. The van der Waals surface area contributed by atoms with Gasteiger partial charge in [-0.15, -0.1) is 0 Å². The zero-order valence-electron chi connectivity index (χ0n) is 9.28. The molecule has 94 valence electrons. The van der Waals surface area contributed by atoms with E-state index in [0.717, 1.165) is 4.47 Å². The highest BCUT2D eigenvalue weighted by molar-refractivity contribution is 9.10. The van der Waals surface area contributed by atoms with Crippen LogP contribution in [0.1, 0.15) is 17.4 Å². The zero-order valence-corrected chi connectivity index (χ0v) is 11.6. The number of benzene rings is 1. The number of hydrogen-bond acceptors (Lipinski definition) is 2.